The van der Waals surface area contributed by atoms with Gasteiger partial charge in [-0.2, -0.15) is 0 Å². The second-order valence-corrected chi connectivity index (χ2v) is 7.27. The Morgan fingerprint density at radius 1 is 1.14 bits per heavy atom. The molecule has 1 aromatic heterocycles. The van der Waals surface area contributed by atoms with Crippen molar-refractivity contribution in [2.24, 2.45) is 4.99 Å². The maximum atomic E-state index is 4.36. The highest BCUT2D eigenvalue weighted by Crippen LogP contribution is 2.09. The van der Waals surface area contributed by atoms with E-state index in [0.717, 1.165) is 51.2 Å². The second kappa shape index (κ2) is 14.8. The van der Waals surface area contributed by atoms with E-state index in [0.29, 0.717) is 6.04 Å². The molecule has 7 nitrogen and oxygen atoms in total. The van der Waals surface area contributed by atoms with Crippen molar-refractivity contribution in [3.05, 3.63) is 18.5 Å². The molecule has 28 heavy (non-hydrogen) atoms. The minimum Gasteiger partial charge on any atom is -0.355 e. The van der Waals surface area contributed by atoms with E-state index in [1.54, 1.807) is 0 Å². The molecule has 2 N–H and O–H groups in total. The number of rotatable bonds is 10. The molecule has 0 aliphatic carbocycles. The average Bonchev–Trinajstić information content (AvgIpc) is 2.71. The van der Waals surface area contributed by atoms with Gasteiger partial charge in [-0.3, -0.25) is 9.89 Å². The lowest BCUT2D eigenvalue weighted by Crippen LogP contribution is -2.50. The Bertz CT molecular complexity index is 533. The van der Waals surface area contributed by atoms with E-state index in [9.17, 15) is 0 Å². The minimum absolute atomic E-state index is 0. The SMILES string of the molecule is CCCCCCC(C)NC(=NC)NCCN1CCN(c2ncccn2)CC1.I. The Morgan fingerprint density at radius 2 is 1.86 bits per heavy atom. The molecule has 1 saturated heterocycles. The highest BCUT2D eigenvalue weighted by Gasteiger charge is 2.18. The van der Waals surface area contributed by atoms with Gasteiger partial charge >= 0.3 is 0 Å². The molecule has 2 rings (SSSR count). The number of nitrogens with zero attached hydrogens (tertiary/aromatic N) is 5. The Morgan fingerprint density at radius 3 is 2.50 bits per heavy atom. The summed E-state index contributed by atoms with van der Waals surface area (Å²) in [5.41, 5.74) is 0. The molecular formula is C20H38IN7. The van der Waals surface area contributed by atoms with Crippen molar-refractivity contribution in [1.82, 2.24) is 25.5 Å². The van der Waals surface area contributed by atoms with Gasteiger partial charge in [0.25, 0.3) is 0 Å². The van der Waals surface area contributed by atoms with Crippen LogP contribution in [0.5, 0.6) is 0 Å². The van der Waals surface area contributed by atoms with Crippen LogP contribution in [0.1, 0.15) is 46.0 Å². The van der Waals surface area contributed by atoms with E-state index in [1.807, 2.05) is 25.5 Å². The third-order valence-corrected chi connectivity index (χ3v) is 5.03. The number of anilines is 1. The number of guanidine groups is 1. The summed E-state index contributed by atoms with van der Waals surface area (Å²) >= 11 is 0. The first-order chi connectivity index (χ1) is 13.2. The van der Waals surface area contributed by atoms with Crippen LogP contribution < -0.4 is 15.5 Å². The summed E-state index contributed by atoms with van der Waals surface area (Å²) < 4.78 is 0. The van der Waals surface area contributed by atoms with Crippen molar-refractivity contribution >= 4 is 35.9 Å². The number of aliphatic imine (C=N–C) groups is 1. The van der Waals surface area contributed by atoms with E-state index < -0.39 is 0 Å². The number of hydrogen-bond donors (Lipinski definition) is 2. The van der Waals surface area contributed by atoms with Gasteiger partial charge in [-0.25, -0.2) is 9.97 Å². The first-order valence-corrected chi connectivity index (χ1v) is 10.4. The van der Waals surface area contributed by atoms with Gasteiger partial charge in [-0.1, -0.05) is 32.6 Å². The molecule has 160 valence electrons. The predicted molar refractivity (Wildman–Crippen MR) is 129 cm³/mol. The molecule has 1 aromatic rings. The zero-order chi connectivity index (χ0) is 19.3. The highest BCUT2D eigenvalue weighted by molar-refractivity contribution is 14.0. The molecule has 1 aliphatic rings. The average molecular weight is 503 g/mol. The Balaban J connectivity index is 0.00000392. The summed E-state index contributed by atoms with van der Waals surface area (Å²) in [4.78, 5) is 17.8. The van der Waals surface area contributed by atoms with Gasteiger partial charge < -0.3 is 15.5 Å². The molecule has 2 heterocycles. The number of piperazine rings is 1. The fourth-order valence-electron chi connectivity index (χ4n) is 3.34. The molecule has 1 aliphatic heterocycles. The summed E-state index contributed by atoms with van der Waals surface area (Å²) in [6.45, 7) is 10.5. The standard InChI is InChI=1S/C20H37N7.HI/c1-4-5-6-7-9-18(2)25-19(21-3)22-12-13-26-14-16-27(17-15-26)20-23-10-8-11-24-20;/h8,10-11,18H,4-7,9,12-17H2,1-3H3,(H2,21,22,25);1H. The maximum absolute atomic E-state index is 4.36. The van der Waals surface area contributed by atoms with E-state index in [1.165, 1.54) is 32.1 Å². The Labute approximate surface area is 187 Å². The third kappa shape index (κ3) is 9.36. The lowest BCUT2D eigenvalue weighted by Gasteiger charge is -2.34. The number of unbranched alkanes of at least 4 members (excludes halogenated alkanes) is 3. The van der Waals surface area contributed by atoms with Crippen LogP contribution in [0.15, 0.2) is 23.5 Å². The van der Waals surface area contributed by atoms with E-state index in [4.69, 9.17) is 0 Å². The van der Waals surface area contributed by atoms with Crippen LogP contribution in [0.25, 0.3) is 0 Å². The molecule has 0 amide bonds. The monoisotopic (exact) mass is 503 g/mol. The fourth-order valence-corrected chi connectivity index (χ4v) is 3.34. The van der Waals surface area contributed by atoms with E-state index in [2.05, 4.69) is 49.2 Å². The van der Waals surface area contributed by atoms with Gasteiger partial charge in [0, 0.05) is 64.8 Å². The van der Waals surface area contributed by atoms with Crippen LogP contribution in [0.2, 0.25) is 0 Å². The van der Waals surface area contributed by atoms with E-state index >= 15 is 0 Å². The van der Waals surface area contributed by atoms with Crippen LogP contribution in [0.3, 0.4) is 0 Å². The van der Waals surface area contributed by atoms with Gasteiger partial charge in [0.15, 0.2) is 5.96 Å². The van der Waals surface area contributed by atoms with Crippen molar-refractivity contribution in [3.63, 3.8) is 0 Å². The Kier molecular flexibility index (Phi) is 13.1. The van der Waals surface area contributed by atoms with Crippen LogP contribution in [-0.2, 0) is 0 Å². The molecule has 1 unspecified atom stereocenters. The molecule has 0 aromatic carbocycles. The largest absolute Gasteiger partial charge is 0.355 e. The molecule has 1 fully saturated rings. The smallest absolute Gasteiger partial charge is 0.225 e. The summed E-state index contributed by atoms with van der Waals surface area (Å²) in [6.07, 6.45) is 10.1. The predicted octanol–water partition coefficient (Wildman–Crippen LogP) is 2.74. The van der Waals surface area contributed by atoms with Crippen LogP contribution >= 0.6 is 24.0 Å². The molecule has 0 radical (unpaired) electrons. The first-order valence-electron chi connectivity index (χ1n) is 10.4. The van der Waals surface area contributed by atoms with Gasteiger partial charge in [0.1, 0.15) is 0 Å². The molecule has 0 saturated carbocycles. The first kappa shape index (κ1) is 24.9. The van der Waals surface area contributed by atoms with Gasteiger partial charge in [-0.15, -0.1) is 24.0 Å². The van der Waals surface area contributed by atoms with Gasteiger partial charge in [0.05, 0.1) is 0 Å². The summed E-state index contributed by atoms with van der Waals surface area (Å²) in [5.74, 6) is 1.75. The van der Waals surface area contributed by atoms with Gasteiger partial charge in [-0.05, 0) is 19.4 Å². The number of aromatic nitrogens is 2. The van der Waals surface area contributed by atoms with E-state index in [-0.39, 0.29) is 24.0 Å². The zero-order valence-electron chi connectivity index (χ0n) is 17.7. The lowest BCUT2D eigenvalue weighted by molar-refractivity contribution is 0.260. The highest BCUT2D eigenvalue weighted by atomic mass is 127. The van der Waals surface area contributed by atoms with Crippen molar-refractivity contribution in [3.8, 4) is 0 Å². The summed E-state index contributed by atoms with van der Waals surface area (Å²) in [5, 5.41) is 6.96. The lowest BCUT2D eigenvalue weighted by atomic mass is 10.1. The van der Waals surface area contributed by atoms with Crippen LogP contribution in [-0.4, -0.2) is 73.2 Å². The topological polar surface area (TPSA) is 68.7 Å². The third-order valence-electron chi connectivity index (χ3n) is 5.03. The number of halogens is 1. The second-order valence-electron chi connectivity index (χ2n) is 7.27. The Hall–Kier alpha value is -1.16. The molecule has 1 atom stereocenters. The molecule has 8 heteroatoms. The van der Waals surface area contributed by atoms with Crippen LogP contribution in [0, 0.1) is 0 Å². The molecule has 0 spiro atoms. The van der Waals surface area contributed by atoms with Crippen molar-refractivity contribution < 1.29 is 0 Å². The summed E-state index contributed by atoms with van der Waals surface area (Å²) in [6, 6.07) is 2.32. The minimum atomic E-state index is 0. The molecule has 0 bridgehead atoms. The fraction of sp³-hybridized carbons (Fsp3) is 0.750. The quantitative estimate of drug-likeness (QED) is 0.222. The zero-order valence-corrected chi connectivity index (χ0v) is 20.1. The van der Waals surface area contributed by atoms with Crippen LogP contribution in [0.4, 0.5) is 5.95 Å². The van der Waals surface area contributed by atoms with Gasteiger partial charge in [0.2, 0.25) is 5.95 Å². The van der Waals surface area contributed by atoms with Crippen molar-refractivity contribution in [2.75, 3.05) is 51.2 Å². The van der Waals surface area contributed by atoms with Crippen molar-refractivity contribution in [1.29, 1.82) is 0 Å². The molecular weight excluding hydrogens is 465 g/mol. The van der Waals surface area contributed by atoms with Crippen molar-refractivity contribution in [2.45, 2.75) is 52.0 Å². The number of nitrogens with one attached hydrogen (secondary N) is 2. The maximum Gasteiger partial charge on any atom is 0.225 e. The number of hydrogen-bond acceptors (Lipinski definition) is 5. The summed E-state index contributed by atoms with van der Waals surface area (Å²) in [7, 11) is 1.85. The normalized spacial score (nSPS) is 16.4.